The van der Waals surface area contributed by atoms with Crippen molar-refractivity contribution in [2.24, 2.45) is 0 Å². The van der Waals surface area contributed by atoms with Gasteiger partial charge in [-0.25, -0.2) is 4.98 Å². The van der Waals surface area contributed by atoms with Gasteiger partial charge in [-0.3, -0.25) is 0 Å². The molecule has 0 saturated heterocycles. The van der Waals surface area contributed by atoms with Crippen LogP contribution in [-0.4, -0.2) is 21.9 Å². The highest BCUT2D eigenvalue weighted by Gasteiger charge is 2.18. The Bertz CT molecular complexity index is 778. The fourth-order valence-electron chi connectivity index (χ4n) is 1.98. The van der Waals surface area contributed by atoms with Crippen molar-refractivity contribution in [3.63, 3.8) is 0 Å². The van der Waals surface area contributed by atoms with Gasteiger partial charge in [-0.15, -0.1) is 0 Å². The first-order chi connectivity index (χ1) is 9.81. The summed E-state index contributed by atoms with van der Waals surface area (Å²) in [5.74, 6) is 2.80. The van der Waals surface area contributed by atoms with Gasteiger partial charge in [0.1, 0.15) is 5.76 Å². The molecule has 1 aliphatic rings. The minimum absolute atomic E-state index is 0.231. The van der Waals surface area contributed by atoms with E-state index in [-0.39, 0.29) is 6.79 Å². The molecule has 0 radical (unpaired) electrons. The lowest BCUT2D eigenvalue weighted by molar-refractivity contribution is 0.174. The largest absolute Gasteiger partial charge is 0.454 e. The van der Waals surface area contributed by atoms with E-state index in [0.29, 0.717) is 34.7 Å². The number of ether oxygens (including phenoxy) is 2. The molecule has 0 saturated carbocycles. The highest BCUT2D eigenvalue weighted by molar-refractivity contribution is 5.63. The molecule has 3 heterocycles. The summed E-state index contributed by atoms with van der Waals surface area (Å²) >= 11 is 0. The molecule has 0 fully saturated rings. The van der Waals surface area contributed by atoms with Gasteiger partial charge < -0.3 is 18.4 Å². The van der Waals surface area contributed by atoms with Crippen molar-refractivity contribution in [2.75, 3.05) is 6.79 Å². The second kappa shape index (κ2) is 4.09. The van der Waals surface area contributed by atoms with Crippen LogP contribution in [0.3, 0.4) is 0 Å². The molecule has 7 heteroatoms. The Balaban J connectivity index is 1.73. The lowest BCUT2D eigenvalue weighted by atomic mass is 10.2. The number of aromatic nitrogens is 3. The summed E-state index contributed by atoms with van der Waals surface area (Å²) in [7, 11) is 0. The fraction of sp³-hybridized carbons (Fsp3) is 0.154. The molecule has 0 amide bonds. The van der Waals surface area contributed by atoms with Gasteiger partial charge in [0.15, 0.2) is 23.6 Å². The lowest BCUT2D eigenvalue weighted by Gasteiger charge is -1.97. The Morgan fingerprint density at radius 1 is 1.15 bits per heavy atom. The van der Waals surface area contributed by atoms with E-state index in [0.717, 1.165) is 5.56 Å². The van der Waals surface area contributed by atoms with E-state index in [1.165, 1.54) is 6.39 Å². The number of aryl methyl sites for hydroxylation is 1. The molecular weight excluding hydrogens is 262 g/mol. The zero-order valence-electron chi connectivity index (χ0n) is 10.5. The van der Waals surface area contributed by atoms with E-state index < -0.39 is 0 Å². The van der Waals surface area contributed by atoms with Gasteiger partial charge in [-0.1, -0.05) is 5.16 Å². The van der Waals surface area contributed by atoms with Crippen LogP contribution in [0.4, 0.5) is 0 Å². The number of hydrogen-bond donors (Lipinski definition) is 0. The second-order valence-corrected chi connectivity index (χ2v) is 4.25. The zero-order valence-corrected chi connectivity index (χ0v) is 10.5. The van der Waals surface area contributed by atoms with Crippen molar-refractivity contribution in [1.29, 1.82) is 0 Å². The molecule has 3 aromatic rings. The Morgan fingerprint density at radius 2 is 2.05 bits per heavy atom. The molecule has 0 aliphatic carbocycles. The summed E-state index contributed by atoms with van der Waals surface area (Å²) in [6, 6.07) is 5.47. The minimum atomic E-state index is 0.231. The SMILES string of the molecule is Cc1ocnc1-c1nc(-c2ccc3c(c2)OCO3)no1. The summed E-state index contributed by atoms with van der Waals surface area (Å²) < 4.78 is 20.9. The summed E-state index contributed by atoms with van der Waals surface area (Å²) in [6.07, 6.45) is 1.34. The third-order valence-corrected chi connectivity index (χ3v) is 3.00. The quantitative estimate of drug-likeness (QED) is 0.707. The predicted octanol–water partition coefficient (Wildman–Crippen LogP) is 2.43. The highest BCUT2D eigenvalue weighted by atomic mass is 16.7. The third-order valence-electron chi connectivity index (χ3n) is 3.00. The topological polar surface area (TPSA) is 83.4 Å². The smallest absolute Gasteiger partial charge is 0.280 e. The van der Waals surface area contributed by atoms with E-state index in [2.05, 4.69) is 15.1 Å². The van der Waals surface area contributed by atoms with Crippen molar-refractivity contribution in [3.05, 3.63) is 30.4 Å². The van der Waals surface area contributed by atoms with E-state index in [9.17, 15) is 0 Å². The molecular formula is C13H9N3O4. The van der Waals surface area contributed by atoms with Gasteiger partial charge in [0.25, 0.3) is 5.89 Å². The monoisotopic (exact) mass is 271 g/mol. The molecule has 0 bridgehead atoms. The molecule has 7 nitrogen and oxygen atoms in total. The van der Waals surface area contributed by atoms with E-state index >= 15 is 0 Å². The van der Waals surface area contributed by atoms with Gasteiger partial charge in [-0.05, 0) is 25.1 Å². The first-order valence-corrected chi connectivity index (χ1v) is 5.95. The molecule has 20 heavy (non-hydrogen) atoms. The van der Waals surface area contributed by atoms with Crippen LogP contribution in [0.15, 0.2) is 33.5 Å². The van der Waals surface area contributed by atoms with Crippen LogP contribution in [-0.2, 0) is 0 Å². The maximum atomic E-state index is 5.32. The number of benzene rings is 1. The Morgan fingerprint density at radius 3 is 2.90 bits per heavy atom. The van der Waals surface area contributed by atoms with E-state index in [1.54, 1.807) is 6.92 Å². The highest BCUT2D eigenvalue weighted by Crippen LogP contribution is 2.35. The molecule has 0 atom stereocenters. The average Bonchev–Trinajstić information content (AvgIpc) is 3.17. The van der Waals surface area contributed by atoms with Crippen LogP contribution < -0.4 is 9.47 Å². The van der Waals surface area contributed by atoms with Crippen molar-refractivity contribution in [1.82, 2.24) is 15.1 Å². The Hall–Kier alpha value is -2.83. The third kappa shape index (κ3) is 1.63. The van der Waals surface area contributed by atoms with Crippen molar-refractivity contribution >= 4 is 0 Å². The van der Waals surface area contributed by atoms with Crippen molar-refractivity contribution < 1.29 is 18.4 Å². The van der Waals surface area contributed by atoms with E-state index in [1.807, 2.05) is 18.2 Å². The first-order valence-electron chi connectivity index (χ1n) is 5.95. The Labute approximate surface area is 113 Å². The van der Waals surface area contributed by atoms with Gasteiger partial charge in [-0.2, -0.15) is 4.98 Å². The van der Waals surface area contributed by atoms with Crippen LogP contribution in [0.1, 0.15) is 5.76 Å². The number of hydrogen-bond acceptors (Lipinski definition) is 7. The number of fused-ring (bicyclic) bond motifs is 1. The standard InChI is InChI=1S/C13H9N3O4/c1-7-11(14-5-17-7)13-15-12(16-20-13)8-2-3-9-10(4-8)19-6-18-9/h2-5H,6H2,1H3. The van der Waals surface area contributed by atoms with Crippen molar-refractivity contribution in [2.45, 2.75) is 6.92 Å². The average molecular weight is 271 g/mol. The molecule has 0 unspecified atom stereocenters. The summed E-state index contributed by atoms with van der Waals surface area (Å²) in [6.45, 7) is 2.02. The maximum Gasteiger partial charge on any atom is 0.280 e. The first kappa shape index (κ1) is 11.0. The summed E-state index contributed by atoms with van der Waals surface area (Å²) in [4.78, 5) is 8.36. The normalized spacial score (nSPS) is 12.8. The summed E-state index contributed by atoms with van der Waals surface area (Å²) in [5, 5.41) is 3.94. The van der Waals surface area contributed by atoms with Crippen LogP contribution >= 0.6 is 0 Å². The fourth-order valence-corrected chi connectivity index (χ4v) is 1.98. The van der Waals surface area contributed by atoms with E-state index in [4.69, 9.17) is 18.4 Å². The molecule has 0 N–H and O–H groups in total. The lowest BCUT2D eigenvalue weighted by Crippen LogP contribution is -1.92. The number of rotatable bonds is 2. The van der Waals surface area contributed by atoms with Gasteiger partial charge in [0.2, 0.25) is 12.6 Å². The molecule has 1 aliphatic heterocycles. The zero-order chi connectivity index (χ0) is 13.5. The summed E-state index contributed by atoms with van der Waals surface area (Å²) in [5.41, 5.74) is 1.33. The van der Waals surface area contributed by atoms with Crippen LogP contribution in [0.25, 0.3) is 23.0 Å². The predicted molar refractivity (Wildman–Crippen MR) is 66.1 cm³/mol. The second-order valence-electron chi connectivity index (χ2n) is 4.25. The molecule has 0 spiro atoms. The van der Waals surface area contributed by atoms with Crippen LogP contribution in [0.5, 0.6) is 11.5 Å². The Kier molecular flexibility index (Phi) is 2.26. The van der Waals surface area contributed by atoms with Crippen molar-refractivity contribution in [3.8, 4) is 34.5 Å². The number of oxazole rings is 1. The van der Waals surface area contributed by atoms with Gasteiger partial charge in [0.05, 0.1) is 0 Å². The van der Waals surface area contributed by atoms with Crippen LogP contribution in [0.2, 0.25) is 0 Å². The number of nitrogens with zero attached hydrogens (tertiary/aromatic N) is 3. The van der Waals surface area contributed by atoms with Gasteiger partial charge in [0, 0.05) is 5.56 Å². The van der Waals surface area contributed by atoms with Gasteiger partial charge >= 0.3 is 0 Å². The molecule has 2 aromatic heterocycles. The molecule has 4 rings (SSSR count). The molecule has 100 valence electrons. The van der Waals surface area contributed by atoms with Crippen LogP contribution in [0, 0.1) is 6.92 Å². The maximum absolute atomic E-state index is 5.32. The minimum Gasteiger partial charge on any atom is -0.454 e. The molecule has 1 aromatic carbocycles.